The summed E-state index contributed by atoms with van der Waals surface area (Å²) < 4.78 is 1.09. The number of ketones is 1. The highest BCUT2D eigenvalue weighted by Crippen LogP contribution is 2.29. The minimum absolute atomic E-state index is 0.366. The van der Waals surface area contributed by atoms with Gasteiger partial charge in [-0.3, -0.25) is 9.69 Å². The predicted octanol–water partition coefficient (Wildman–Crippen LogP) is 2.86. The summed E-state index contributed by atoms with van der Waals surface area (Å²) in [7, 11) is 2.00. The molecular weight excluding hydrogens is 266 g/mol. The second-order valence-corrected chi connectivity index (χ2v) is 5.46. The fourth-order valence-electron chi connectivity index (χ4n) is 1.80. The molecule has 0 aromatic heterocycles. The van der Waals surface area contributed by atoms with Crippen LogP contribution in [0.15, 0.2) is 28.7 Å². The summed E-state index contributed by atoms with van der Waals surface area (Å²) in [4.78, 5) is 13.7. The van der Waals surface area contributed by atoms with E-state index in [0.717, 1.165) is 23.9 Å². The van der Waals surface area contributed by atoms with Crippen LogP contribution >= 0.6 is 15.9 Å². The zero-order valence-corrected chi connectivity index (χ0v) is 11.0. The summed E-state index contributed by atoms with van der Waals surface area (Å²) in [6.07, 6.45) is 2.20. The maximum absolute atomic E-state index is 11.6. The van der Waals surface area contributed by atoms with E-state index in [9.17, 15) is 4.79 Å². The van der Waals surface area contributed by atoms with Crippen LogP contribution in [0.2, 0.25) is 0 Å². The van der Waals surface area contributed by atoms with Crippen LogP contribution in [-0.2, 0) is 11.3 Å². The molecule has 0 bridgehead atoms. The fraction of sp³-hybridized carbons (Fsp3) is 0.462. The number of likely N-dealkylation sites (N-methyl/N-ethyl adjacent to an activating group) is 1. The first kappa shape index (κ1) is 11.8. The summed E-state index contributed by atoms with van der Waals surface area (Å²) in [5, 5.41) is 0. The van der Waals surface area contributed by atoms with Crippen LogP contribution in [-0.4, -0.2) is 24.3 Å². The van der Waals surface area contributed by atoms with E-state index in [1.54, 1.807) is 0 Å². The predicted molar refractivity (Wildman–Crippen MR) is 68.2 cm³/mol. The number of carbonyl (C=O) groups excluding carboxylic acids is 1. The van der Waals surface area contributed by atoms with Gasteiger partial charge in [-0.2, -0.15) is 0 Å². The lowest BCUT2D eigenvalue weighted by Crippen LogP contribution is -2.26. The lowest BCUT2D eigenvalue weighted by molar-refractivity contribution is -0.121. The number of halogens is 1. The van der Waals surface area contributed by atoms with Gasteiger partial charge in [-0.25, -0.2) is 0 Å². The molecule has 0 saturated heterocycles. The molecule has 16 heavy (non-hydrogen) atoms. The highest BCUT2D eigenvalue weighted by atomic mass is 79.9. The topological polar surface area (TPSA) is 20.3 Å². The standard InChI is InChI=1S/C13H16BrNO/c1-15(9-13(16)11-5-6-11)8-10-3-2-4-12(14)7-10/h2-4,7,11H,5-6,8-9H2,1H3. The highest BCUT2D eigenvalue weighted by molar-refractivity contribution is 9.10. The Morgan fingerprint density at radius 2 is 2.25 bits per heavy atom. The first-order valence-electron chi connectivity index (χ1n) is 5.61. The molecule has 86 valence electrons. The maximum Gasteiger partial charge on any atom is 0.149 e. The lowest BCUT2D eigenvalue weighted by Gasteiger charge is -2.15. The van der Waals surface area contributed by atoms with Crippen LogP contribution in [0.1, 0.15) is 18.4 Å². The molecule has 0 atom stereocenters. The van der Waals surface area contributed by atoms with Crippen LogP contribution in [0.25, 0.3) is 0 Å². The zero-order valence-electron chi connectivity index (χ0n) is 9.45. The van der Waals surface area contributed by atoms with Crippen molar-refractivity contribution in [2.45, 2.75) is 19.4 Å². The summed E-state index contributed by atoms with van der Waals surface area (Å²) in [6.45, 7) is 1.41. The number of rotatable bonds is 5. The Balaban J connectivity index is 1.86. The van der Waals surface area contributed by atoms with Crippen molar-refractivity contribution in [2.75, 3.05) is 13.6 Å². The van der Waals surface area contributed by atoms with E-state index in [-0.39, 0.29) is 0 Å². The number of Topliss-reactive ketones (excluding diaryl/α,β-unsaturated/α-hetero) is 1. The average molecular weight is 282 g/mol. The summed E-state index contributed by atoms with van der Waals surface area (Å²) in [5.41, 5.74) is 1.24. The average Bonchev–Trinajstić information content (AvgIpc) is 2.99. The number of hydrogen-bond acceptors (Lipinski definition) is 2. The van der Waals surface area contributed by atoms with Crippen molar-refractivity contribution in [1.29, 1.82) is 0 Å². The molecule has 2 nitrogen and oxygen atoms in total. The molecule has 0 amide bonds. The van der Waals surface area contributed by atoms with E-state index in [4.69, 9.17) is 0 Å². The van der Waals surface area contributed by atoms with Gasteiger partial charge >= 0.3 is 0 Å². The second-order valence-electron chi connectivity index (χ2n) is 4.54. The molecule has 3 heteroatoms. The molecule has 1 saturated carbocycles. The molecule has 0 N–H and O–H groups in total. The minimum Gasteiger partial charge on any atom is -0.298 e. The lowest BCUT2D eigenvalue weighted by atomic mass is 10.2. The van der Waals surface area contributed by atoms with E-state index in [1.807, 2.05) is 19.2 Å². The fourth-order valence-corrected chi connectivity index (χ4v) is 2.25. The van der Waals surface area contributed by atoms with E-state index < -0.39 is 0 Å². The van der Waals surface area contributed by atoms with Crippen LogP contribution < -0.4 is 0 Å². The molecule has 1 aromatic rings. The monoisotopic (exact) mass is 281 g/mol. The Hall–Kier alpha value is -0.670. The van der Waals surface area contributed by atoms with Crippen molar-refractivity contribution >= 4 is 21.7 Å². The van der Waals surface area contributed by atoms with Gasteiger partial charge in [0.2, 0.25) is 0 Å². The summed E-state index contributed by atoms with van der Waals surface area (Å²) >= 11 is 3.45. The molecule has 2 rings (SSSR count). The Bertz CT molecular complexity index is 387. The van der Waals surface area contributed by atoms with Gasteiger partial charge in [0.15, 0.2) is 0 Å². The molecular formula is C13H16BrNO. The van der Waals surface area contributed by atoms with Gasteiger partial charge in [0.1, 0.15) is 5.78 Å². The summed E-state index contributed by atoms with van der Waals surface area (Å²) in [5.74, 6) is 0.766. The molecule has 1 aliphatic rings. The molecule has 1 fully saturated rings. The number of nitrogens with zero attached hydrogens (tertiary/aromatic N) is 1. The third kappa shape index (κ3) is 3.42. The van der Waals surface area contributed by atoms with Crippen LogP contribution in [0.3, 0.4) is 0 Å². The van der Waals surface area contributed by atoms with E-state index >= 15 is 0 Å². The quantitative estimate of drug-likeness (QED) is 0.827. The number of carbonyl (C=O) groups is 1. The summed E-state index contributed by atoms with van der Waals surface area (Å²) in [6, 6.07) is 8.22. The van der Waals surface area contributed by atoms with Gasteiger partial charge in [-0.05, 0) is 37.6 Å². The molecule has 1 aromatic carbocycles. The first-order valence-corrected chi connectivity index (χ1v) is 6.40. The van der Waals surface area contributed by atoms with Gasteiger partial charge in [0, 0.05) is 16.9 Å². The molecule has 0 heterocycles. The number of benzene rings is 1. The van der Waals surface area contributed by atoms with E-state index in [0.29, 0.717) is 18.2 Å². The second kappa shape index (κ2) is 5.11. The SMILES string of the molecule is CN(CC(=O)C1CC1)Cc1cccc(Br)c1. The Morgan fingerprint density at radius 1 is 1.50 bits per heavy atom. The van der Waals surface area contributed by atoms with E-state index in [1.165, 1.54) is 5.56 Å². The normalized spacial score (nSPS) is 15.4. The van der Waals surface area contributed by atoms with Gasteiger partial charge in [0.25, 0.3) is 0 Å². The van der Waals surface area contributed by atoms with Crippen LogP contribution in [0.5, 0.6) is 0 Å². The Labute approximate surface area is 105 Å². The Morgan fingerprint density at radius 3 is 2.88 bits per heavy atom. The van der Waals surface area contributed by atoms with Gasteiger partial charge in [-0.1, -0.05) is 28.1 Å². The Kier molecular flexibility index (Phi) is 3.77. The van der Waals surface area contributed by atoms with Gasteiger partial charge in [-0.15, -0.1) is 0 Å². The maximum atomic E-state index is 11.6. The van der Waals surface area contributed by atoms with Gasteiger partial charge < -0.3 is 0 Å². The van der Waals surface area contributed by atoms with Crippen molar-refractivity contribution in [1.82, 2.24) is 4.90 Å². The van der Waals surface area contributed by atoms with Gasteiger partial charge in [0.05, 0.1) is 6.54 Å². The molecule has 1 aliphatic carbocycles. The molecule has 0 unspecified atom stereocenters. The first-order chi connectivity index (χ1) is 7.65. The van der Waals surface area contributed by atoms with Crippen molar-refractivity contribution in [3.63, 3.8) is 0 Å². The largest absolute Gasteiger partial charge is 0.298 e. The van der Waals surface area contributed by atoms with Crippen LogP contribution in [0, 0.1) is 5.92 Å². The molecule has 0 radical (unpaired) electrons. The highest BCUT2D eigenvalue weighted by Gasteiger charge is 2.29. The van der Waals surface area contributed by atoms with Crippen molar-refractivity contribution in [3.8, 4) is 0 Å². The minimum atomic E-state index is 0.366. The zero-order chi connectivity index (χ0) is 11.5. The third-order valence-electron chi connectivity index (χ3n) is 2.80. The van der Waals surface area contributed by atoms with Crippen molar-refractivity contribution in [2.24, 2.45) is 5.92 Å². The molecule has 0 spiro atoms. The van der Waals surface area contributed by atoms with E-state index in [2.05, 4.69) is 33.0 Å². The number of hydrogen-bond donors (Lipinski definition) is 0. The van der Waals surface area contributed by atoms with Crippen molar-refractivity contribution < 1.29 is 4.79 Å². The molecule has 0 aliphatic heterocycles. The smallest absolute Gasteiger partial charge is 0.149 e. The van der Waals surface area contributed by atoms with Crippen molar-refractivity contribution in [3.05, 3.63) is 34.3 Å². The third-order valence-corrected chi connectivity index (χ3v) is 3.29. The van der Waals surface area contributed by atoms with Crippen LogP contribution in [0.4, 0.5) is 0 Å².